The maximum Gasteiger partial charge on any atom is 0.255 e. The lowest BCUT2D eigenvalue weighted by molar-refractivity contribution is -0.120. The molecule has 1 atom stereocenters. The fraction of sp³-hybridized carbons (Fsp3) is 0.389. The topological polar surface area (TPSA) is 99.2 Å². The number of aromatic nitrogens is 2. The molecule has 1 aliphatic heterocycles. The average molecular weight is 342 g/mol. The zero-order valence-corrected chi connectivity index (χ0v) is 14.6. The number of carbonyl (C=O) groups excluding carboxylic acids is 2. The summed E-state index contributed by atoms with van der Waals surface area (Å²) in [6, 6.07) is 7.35. The summed E-state index contributed by atoms with van der Waals surface area (Å²) < 4.78 is 7.12. The van der Waals surface area contributed by atoms with Crippen molar-refractivity contribution in [3.8, 4) is 5.75 Å². The van der Waals surface area contributed by atoms with E-state index in [9.17, 15) is 9.59 Å². The first-order chi connectivity index (χ1) is 11.8. The van der Waals surface area contributed by atoms with E-state index in [1.807, 2.05) is 43.8 Å². The molecule has 25 heavy (non-hydrogen) atoms. The number of nitrogens with zero attached hydrogens (tertiary/aromatic N) is 2. The van der Waals surface area contributed by atoms with Crippen molar-refractivity contribution in [3.63, 3.8) is 0 Å². The largest absolute Gasteiger partial charge is 0.484 e. The van der Waals surface area contributed by atoms with Gasteiger partial charge in [0.05, 0.1) is 11.7 Å². The van der Waals surface area contributed by atoms with Gasteiger partial charge in [-0.3, -0.25) is 9.59 Å². The van der Waals surface area contributed by atoms with Gasteiger partial charge < -0.3 is 15.8 Å². The number of benzene rings is 1. The average Bonchev–Trinajstić information content (AvgIpc) is 2.96. The van der Waals surface area contributed by atoms with E-state index in [1.54, 1.807) is 12.1 Å². The van der Waals surface area contributed by atoms with E-state index in [-0.39, 0.29) is 24.0 Å². The molecule has 0 saturated heterocycles. The van der Waals surface area contributed by atoms with E-state index in [2.05, 4.69) is 10.4 Å². The van der Waals surface area contributed by atoms with Crippen LogP contribution >= 0.6 is 0 Å². The third kappa shape index (κ3) is 3.50. The minimum absolute atomic E-state index is 0.0300. The lowest BCUT2D eigenvalue weighted by Gasteiger charge is -2.28. The number of anilines is 1. The lowest BCUT2D eigenvalue weighted by atomic mass is 9.87. The molecule has 1 aliphatic rings. The number of ether oxygens (including phenoxy) is 1. The molecular weight excluding hydrogens is 320 g/mol. The van der Waals surface area contributed by atoms with Gasteiger partial charge in [0, 0.05) is 17.9 Å². The molecule has 0 saturated carbocycles. The second-order valence-electron chi connectivity index (χ2n) is 7.16. The number of amides is 2. The van der Waals surface area contributed by atoms with Crippen LogP contribution in [0.2, 0.25) is 0 Å². The fourth-order valence-electron chi connectivity index (χ4n) is 2.98. The van der Waals surface area contributed by atoms with Gasteiger partial charge >= 0.3 is 0 Å². The number of primary amides is 1. The Labute approximate surface area is 146 Å². The Morgan fingerprint density at radius 2 is 2.04 bits per heavy atom. The Balaban J connectivity index is 1.90. The van der Waals surface area contributed by atoms with Crippen molar-refractivity contribution in [2.75, 3.05) is 11.9 Å². The van der Waals surface area contributed by atoms with Crippen LogP contribution in [0, 0.1) is 0 Å². The molecule has 1 unspecified atom stereocenters. The lowest BCUT2D eigenvalue weighted by Crippen LogP contribution is -2.30. The predicted molar refractivity (Wildman–Crippen MR) is 93.4 cm³/mol. The SMILES string of the molecule is CC(C)(C)n1ncc2c1NC(=O)CC2c1ccc(OCC(N)=O)cc1. The number of fused-ring (bicyclic) bond motifs is 1. The van der Waals surface area contributed by atoms with Crippen molar-refractivity contribution in [2.24, 2.45) is 5.73 Å². The highest BCUT2D eigenvalue weighted by Crippen LogP contribution is 2.39. The predicted octanol–water partition coefficient (Wildman–Crippen LogP) is 1.98. The standard InChI is InChI=1S/C18H22N4O3/c1-18(2,3)22-17-14(9-20-22)13(8-16(24)21-17)11-4-6-12(7-5-11)25-10-15(19)23/h4-7,9,13H,8,10H2,1-3H3,(H2,19,23)(H,21,24). The van der Waals surface area contributed by atoms with Crippen LogP contribution in [0.1, 0.15) is 44.2 Å². The van der Waals surface area contributed by atoms with Gasteiger partial charge in [0.15, 0.2) is 6.61 Å². The number of rotatable bonds is 4. The van der Waals surface area contributed by atoms with Gasteiger partial charge in [-0.25, -0.2) is 4.68 Å². The monoisotopic (exact) mass is 342 g/mol. The molecule has 1 aromatic carbocycles. The molecule has 0 radical (unpaired) electrons. The van der Waals surface area contributed by atoms with Crippen LogP contribution < -0.4 is 15.8 Å². The van der Waals surface area contributed by atoms with Gasteiger partial charge in [0.1, 0.15) is 11.6 Å². The molecule has 0 spiro atoms. The first kappa shape index (κ1) is 17.0. The molecule has 2 amide bonds. The van der Waals surface area contributed by atoms with E-state index in [4.69, 9.17) is 10.5 Å². The normalized spacial score (nSPS) is 16.9. The van der Waals surface area contributed by atoms with Gasteiger partial charge in [0.25, 0.3) is 5.91 Å². The summed E-state index contributed by atoms with van der Waals surface area (Å²) in [6.45, 7) is 5.97. The molecule has 132 valence electrons. The first-order valence-corrected chi connectivity index (χ1v) is 8.15. The summed E-state index contributed by atoms with van der Waals surface area (Å²) >= 11 is 0. The minimum Gasteiger partial charge on any atom is -0.484 e. The molecule has 3 N–H and O–H groups in total. The van der Waals surface area contributed by atoms with Crippen molar-refractivity contribution in [3.05, 3.63) is 41.6 Å². The second-order valence-corrected chi connectivity index (χ2v) is 7.16. The smallest absolute Gasteiger partial charge is 0.255 e. The molecule has 0 aliphatic carbocycles. The molecule has 2 heterocycles. The highest BCUT2D eigenvalue weighted by Gasteiger charge is 2.32. The van der Waals surface area contributed by atoms with Crippen molar-refractivity contribution in [2.45, 2.75) is 38.6 Å². The number of hydrogen-bond acceptors (Lipinski definition) is 4. The quantitative estimate of drug-likeness (QED) is 0.887. The molecule has 7 nitrogen and oxygen atoms in total. The van der Waals surface area contributed by atoms with E-state index < -0.39 is 5.91 Å². The molecular formula is C18H22N4O3. The Hall–Kier alpha value is -2.83. The molecule has 7 heteroatoms. The first-order valence-electron chi connectivity index (χ1n) is 8.15. The summed E-state index contributed by atoms with van der Waals surface area (Å²) in [5.41, 5.74) is 6.84. The summed E-state index contributed by atoms with van der Waals surface area (Å²) in [7, 11) is 0. The summed E-state index contributed by atoms with van der Waals surface area (Å²) in [5.74, 6) is 0.700. The summed E-state index contributed by atoms with van der Waals surface area (Å²) in [6.07, 6.45) is 2.19. The van der Waals surface area contributed by atoms with E-state index in [1.165, 1.54) is 0 Å². The Morgan fingerprint density at radius 3 is 2.64 bits per heavy atom. The maximum absolute atomic E-state index is 12.2. The zero-order valence-electron chi connectivity index (χ0n) is 14.6. The summed E-state index contributed by atoms with van der Waals surface area (Å²) in [5, 5.41) is 7.42. The Kier molecular flexibility index (Phi) is 4.24. The van der Waals surface area contributed by atoms with Crippen molar-refractivity contribution >= 4 is 17.6 Å². The van der Waals surface area contributed by atoms with Crippen molar-refractivity contribution < 1.29 is 14.3 Å². The zero-order chi connectivity index (χ0) is 18.2. The van der Waals surface area contributed by atoms with Crippen LogP contribution in [0.3, 0.4) is 0 Å². The van der Waals surface area contributed by atoms with Gasteiger partial charge in [-0.2, -0.15) is 5.10 Å². The van der Waals surface area contributed by atoms with Crippen LogP contribution in [0.15, 0.2) is 30.5 Å². The van der Waals surface area contributed by atoms with Gasteiger partial charge in [-0.1, -0.05) is 12.1 Å². The molecule has 1 aromatic heterocycles. The number of hydrogen-bond donors (Lipinski definition) is 2. The second kappa shape index (κ2) is 6.23. The van der Waals surface area contributed by atoms with E-state index in [0.29, 0.717) is 12.2 Å². The Bertz CT molecular complexity index is 803. The molecule has 3 rings (SSSR count). The van der Waals surface area contributed by atoms with E-state index in [0.717, 1.165) is 16.9 Å². The minimum atomic E-state index is -0.521. The third-order valence-electron chi connectivity index (χ3n) is 4.12. The van der Waals surface area contributed by atoms with Crippen LogP contribution in [-0.4, -0.2) is 28.2 Å². The summed E-state index contributed by atoms with van der Waals surface area (Å²) in [4.78, 5) is 23.0. The van der Waals surface area contributed by atoms with Crippen LogP contribution in [-0.2, 0) is 15.1 Å². The highest BCUT2D eigenvalue weighted by atomic mass is 16.5. The van der Waals surface area contributed by atoms with Crippen LogP contribution in [0.5, 0.6) is 5.75 Å². The maximum atomic E-state index is 12.2. The molecule has 0 bridgehead atoms. The van der Waals surface area contributed by atoms with Gasteiger partial charge in [-0.15, -0.1) is 0 Å². The molecule has 0 fully saturated rings. The van der Waals surface area contributed by atoms with Gasteiger partial charge in [0.2, 0.25) is 5.91 Å². The fourth-order valence-corrected chi connectivity index (χ4v) is 2.98. The van der Waals surface area contributed by atoms with Crippen LogP contribution in [0.4, 0.5) is 5.82 Å². The number of carbonyl (C=O) groups is 2. The van der Waals surface area contributed by atoms with Crippen molar-refractivity contribution in [1.82, 2.24) is 9.78 Å². The number of nitrogens with one attached hydrogen (secondary N) is 1. The van der Waals surface area contributed by atoms with Gasteiger partial charge in [-0.05, 0) is 38.5 Å². The number of nitrogens with two attached hydrogens (primary N) is 1. The molecule has 2 aromatic rings. The van der Waals surface area contributed by atoms with Crippen molar-refractivity contribution in [1.29, 1.82) is 0 Å². The Morgan fingerprint density at radius 1 is 1.36 bits per heavy atom. The third-order valence-corrected chi connectivity index (χ3v) is 4.12. The highest BCUT2D eigenvalue weighted by molar-refractivity contribution is 5.94. The van der Waals surface area contributed by atoms with Crippen LogP contribution in [0.25, 0.3) is 0 Å². The van der Waals surface area contributed by atoms with E-state index >= 15 is 0 Å².